The molecule has 36 heavy (non-hydrogen) atoms. The number of hydrogen-bond acceptors (Lipinski definition) is 5. The standard InChI is InChI=1S/C26H30F3N2O4P/c1-2-3-6-21-22(36-33)10-9-20-18-7-4-5-8-19(18)24(23(20)21)25(32)31(17-26(27,28)29)35-16-13-30-11-14-34-15-12-30/h4-5,7-10,24H,2-3,6,11-17H2,1H3/p+1. The highest BCUT2D eigenvalue weighted by Crippen LogP contribution is 2.47. The Labute approximate surface area is 210 Å². The number of fused-ring (bicyclic) bond motifs is 3. The molecule has 10 heteroatoms. The minimum Gasteiger partial charge on any atom is -0.379 e. The summed E-state index contributed by atoms with van der Waals surface area (Å²) in [6, 6.07) is 10.9. The zero-order valence-electron chi connectivity index (χ0n) is 20.3. The molecule has 1 aliphatic carbocycles. The number of alkyl halides is 3. The van der Waals surface area contributed by atoms with E-state index in [1.54, 1.807) is 18.2 Å². The molecule has 1 fully saturated rings. The molecule has 2 aliphatic rings. The number of halogens is 3. The first kappa shape index (κ1) is 26.7. The Balaban J connectivity index is 1.69. The number of rotatable bonds is 10. The fraction of sp³-hybridized carbons (Fsp3) is 0.500. The van der Waals surface area contributed by atoms with E-state index in [2.05, 4.69) is 0 Å². The monoisotopic (exact) mass is 523 g/mol. The van der Waals surface area contributed by atoms with Crippen molar-refractivity contribution in [2.75, 3.05) is 46.0 Å². The van der Waals surface area contributed by atoms with Crippen molar-refractivity contribution >= 4 is 19.7 Å². The van der Waals surface area contributed by atoms with Crippen LogP contribution in [-0.2, 0) is 25.4 Å². The van der Waals surface area contributed by atoms with Crippen LogP contribution in [0.15, 0.2) is 36.4 Å². The van der Waals surface area contributed by atoms with Gasteiger partial charge in [0.1, 0.15) is 6.54 Å². The van der Waals surface area contributed by atoms with Gasteiger partial charge < -0.3 is 4.74 Å². The molecule has 0 N–H and O–H groups in total. The molecule has 0 saturated carbocycles. The van der Waals surface area contributed by atoms with Gasteiger partial charge in [-0.15, -0.1) is 0 Å². The second-order valence-corrected chi connectivity index (χ2v) is 9.80. The van der Waals surface area contributed by atoms with E-state index in [0.717, 1.165) is 29.5 Å². The number of carbonyl (C=O) groups is 1. The first-order valence-electron chi connectivity index (χ1n) is 12.3. The van der Waals surface area contributed by atoms with E-state index < -0.39 is 33.0 Å². The van der Waals surface area contributed by atoms with Gasteiger partial charge in [0.2, 0.25) is 0 Å². The third kappa shape index (κ3) is 5.97. The minimum absolute atomic E-state index is 0.0479. The Kier molecular flexibility index (Phi) is 8.78. The van der Waals surface area contributed by atoms with E-state index in [0.29, 0.717) is 60.8 Å². The fourth-order valence-electron chi connectivity index (χ4n) is 4.95. The summed E-state index contributed by atoms with van der Waals surface area (Å²) in [7, 11) is -0.720. The lowest BCUT2D eigenvalue weighted by atomic mass is 9.89. The molecule has 0 spiro atoms. The highest BCUT2D eigenvalue weighted by Gasteiger charge is 2.43. The van der Waals surface area contributed by atoms with Crippen molar-refractivity contribution < 1.29 is 32.1 Å². The summed E-state index contributed by atoms with van der Waals surface area (Å²) >= 11 is 0. The maximum absolute atomic E-state index is 13.8. The van der Waals surface area contributed by atoms with Crippen LogP contribution >= 0.6 is 8.46 Å². The van der Waals surface area contributed by atoms with Gasteiger partial charge in [0.25, 0.3) is 5.91 Å². The van der Waals surface area contributed by atoms with Gasteiger partial charge in [0, 0.05) is 25.2 Å². The van der Waals surface area contributed by atoms with Crippen molar-refractivity contribution in [1.29, 1.82) is 0 Å². The van der Waals surface area contributed by atoms with Gasteiger partial charge in [-0.25, -0.2) is 5.06 Å². The van der Waals surface area contributed by atoms with Crippen molar-refractivity contribution in [3.05, 3.63) is 53.1 Å². The molecule has 1 saturated heterocycles. The predicted octanol–water partition coefficient (Wildman–Crippen LogP) is 4.45. The molecule has 1 heterocycles. The summed E-state index contributed by atoms with van der Waals surface area (Å²) in [5.41, 5.74) is 3.70. The number of carbonyl (C=O) groups excluding carboxylic acids is 1. The summed E-state index contributed by atoms with van der Waals surface area (Å²) in [4.78, 5) is 21.4. The molecule has 0 radical (unpaired) electrons. The lowest BCUT2D eigenvalue weighted by Gasteiger charge is -2.30. The van der Waals surface area contributed by atoms with Crippen LogP contribution in [0, 0.1) is 0 Å². The maximum Gasteiger partial charge on any atom is 0.408 e. The molecule has 2 atom stereocenters. The summed E-state index contributed by atoms with van der Waals surface area (Å²) in [6.45, 7) is 3.33. The Bertz CT molecular complexity index is 1090. The molecule has 0 aromatic heterocycles. The van der Waals surface area contributed by atoms with Crippen LogP contribution in [0.2, 0.25) is 0 Å². The number of benzene rings is 2. The van der Waals surface area contributed by atoms with Crippen LogP contribution in [0.5, 0.6) is 0 Å². The molecule has 6 nitrogen and oxygen atoms in total. The molecule has 0 bridgehead atoms. The van der Waals surface area contributed by atoms with E-state index in [-0.39, 0.29) is 6.61 Å². The number of unbranched alkanes of at least 4 members (excludes halogenated alkanes) is 1. The lowest BCUT2D eigenvalue weighted by molar-refractivity contribution is -0.234. The normalized spacial score (nSPS) is 17.7. The average molecular weight is 524 g/mol. The molecule has 194 valence electrons. The Morgan fingerprint density at radius 1 is 1.17 bits per heavy atom. The van der Waals surface area contributed by atoms with Gasteiger partial charge in [-0.2, -0.15) is 13.2 Å². The van der Waals surface area contributed by atoms with Gasteiger partial charge in [0.05, 0.1) is 25.7 Å². The summed E-state index contributed by atoms with van der Waals surface area (Å²) in [5.74, 6) is -1.71. The summed E-state index contributed by atoms with van der Waals surface area (Å²) in [6.07, 6.45) is -2.33. The number of morpholine rings is 1. The van der Waals surface area contributed by atoms with Crippen molar-refractivity contribution in [2.45, 2.75) is 38.3 Å². The van der Waals surface area contributed by atoms with Crippen LogP contribution in [0.1, 0.15) is 42.4 Å². The van der Waals surface area contributed by atoms with Gasteiger partial charge in [-0.05, 0) is 47.2 Å². The molecular formula is C26H31F3N2O4P+. The predicted molar refractivity (Wildman–Crippen MR) is 132 cm³/mol. The maximum atomic E-state index is 13.8. The van der Waals surface area contributed by atoms with E-state index in [1.807, 2.05) is 30.0 Å². The first-order chi connectivity index (χ1) is 17.3. The molecule has 2 unspecified atom stereocenters. The van der Waals surface area contributed by atoms with Crippen molar-refractivity contribution in [2.24, 2.45) is 0 Å². The highest BCUT2D eigenvalue weighted by atomic mass is 31.1. The van der Waals surface area contributed by atoms with E-state index in [4.69, 9.17) is 9.57 Å². The molecular weight excluding hydrogens is 492 g/mol. The molecule has 4 rings (SSSR count). The van der Waals surface area contributed by atoms with Gasteiger partial charge in [-0.1, -0.05) is 42.2 Å². The Hall–Kier alpha value is -2.32. The fourth-order valence-corrected chi connectivity index (χ4v) is 5.49. The molecule has 1 amide bonds. The minimum atomic E-state index is -4.63. The zero-order chi connectivity index (χ0) is 25.7. The molecule has 1 aliphatic heterocycles. The SMILES string of the molecule is CCCCc1c([PH+]=O)ccc2c1C(C(=O)N(CC(F)(F)F)OCCN1CCOCC1)c1ccccc1-2. The van der Waals surface area contributed by atoms with E-state index >= 15 is 0 Å². The summed E-state index contributed by atoms with van der Waals surface area (Å²) < 4.78 is 58.0. The number of hydroxylamine groups is 2. The lowest BCUT2D eigenvalue weighted by Crippen LogP contribution is -2.44. The average Bonchev–Trinajstić information content (AvgIpc) is 3.20. The molecule has 2 aromatic rings. The van der Waals surface area contributed by atoms with Crippen LogP contribution in [0.4, 0.5) is 13.2 Å². The van der Waals surface area contributed by atoms with Crippen LogP contribution < -0.4 is 5.30 Å². The summed E-state index contributed by atoms with van der Waals surface area (Å²) in [5, 5.41) is 1.09. The van der Waals surface area contributed by atoms with Gasteiger partial charge in [0.15, 0.2) is 5.30 Å². The number of amides is 1. The number of hydrogen-bond donors (Lipinski definition) is 0. The van der Waals surface area contributed by atoms with Crippen molar-refractivity contribution in [3.8, 4) is 11.1 Å². The Morgan fingerprint density at radius 2 is 1.92 bits per heavy atom. The number of ether oxygens (including phenoxy) is 1. The third-order valence-electron chi connectivity index (χ3n) is 6.67. The van der Waals surface area contributed by atoms with Crippen LogP contribution in [0.3, 0.4) is 0 Å². The van der Waals surface area contributed by atoms with Gasteiger partial charge >= 0.3 is 14.6 Å². The molecule has 2 aromatic carbocycles. The van der Waals surface area contributed by atoms with E-state index in [9.17, 15) is 22.5 Å². The van der Waals surface area contributed by atoms with Crippen molar-refractivity contribution in [3.63, 3.8) is 0 Å². The highest BCUT2D eigenvalue weighted by molar-refractivity contribution is 7.34. The van der Waals surface area contributed by atoms with E-state index in [1.165, 1.54) is 0 Å². The largest absolute Gasteiger partial charge is 0.408 e. The zero-order valence-corrected chi connectivity index (χ0v) is 21.3. The first-order valence-corrected chi connectivity index (χ1v) is 13.2. The van der Waals surface area contributed by atoms with Crippen LogP contribution in [-0.4, -0.2) is 68.0 Å². The quantitative estimate of drug-likeness (QED) is 0.340. The van der Waals surface area contributed by atoms with Crippen LogP contribution in [0.25, 0.3) is 11.1 Å². The Morgan fingerprint density at radius 3 is 2.61 bits per heavy atom. The second kappa shape index (κ2) is 11.8. The van der Waals surface area contributed by atoms with Crippen molar-refractivity contribution in [1.82, 2.24) is 9.96 Å². The third-order valence-corrected chi connectivity index (χ3v) is 7.36. The van der Waals surface area contributed by atoms with Gasteiger partial charge in [-0.3, -0.25) is 14.5 Å². The smallest absolute Gasteiger partial charge is 0.379 e. The number of nitrogens with zero attached hydrogens (tertiary/aromatic N) is 2. The topological polar surface area (TPSA) is 59.1 Å². The second-order valence-electron chi connectivity index (χ2n) is 9.06.